The van der Waals surface area contributed by atoms with E-state index in [2.05, 4.69) is 15.6 Å². The van der Waals surface area contributed by atoms with Crippen molar-refractivity contribution in [1.82, 2.24) is 10.3 Å². The molecule has 26 heavy (non-hydrogen) atoms. The van der Waals surface area contributed by atoms with Crippen molar-refractivity contribution >= 4 is 27.4 Å². The molecule has 7 nitrogen and oxygen atoms in total. The lowest BCUT2D eigenvalue weighted by Crippen LogP contribution is -2.26. The fourth-order valence-corrected chi connectivity index (χ4v) is 2.70. The van der Waals surface area contributed by atoms with E-state index >= 15 is 0 Å². The van der Waals surface area contributed by atoms with Crippen LogP contribution >= 0.6 is 0 Å². The quantitative estimate of drug-likeness (QED) is 0.688. The highest BCUT2D eigenvalue weighted by molar-refractivity contribution is 7.92. The number of carbonyl (C=O) groups excluding carboxylic acids is 1. The molecule has 0 fully saturated rings. The van der Waals surface area contributed by atoms with Gasteiger partial charge in [-0.1, -0.05) is 6.07 Å². The predicted molar refractivity (Wildman–Crippen MR) is 104 cm³/mol. The van der Waals surface area contributed by atoms with Crippen LogP contribution < -0.4 is 14.9 Å². The first-order chi connectivity index (χ1) is 12.3. The van der Waals surface area contributed by atoms with Crippen LogP contribution in [0.15, 0.2) is 42.6 Å². The number of amides is 1. The number of nitrogens with zero attached hydrogens (tertiary/aromatic N) is 2. The highest BCUT2D eigenvalue weighted by Gasteiger charge is 2.12. The van der Waals surface area contributed by atoms with Crippen molar-refractivity contribution in [2.75, 3.05) is 36.0 Å². The number of hydrogen-bond acceptors (Lipinski definition) is 5. The van der Waals surface area contributed by atoms with Crippen LogP contribution in [0.25, 0.3) is 0 Å². The summed E-state index contributed by atoms with van der Waals surface area (Å²) in [4.78, 5) is 16.4. The Hall–Kier alpha value is -2.61. The SMILES string of the molecule is Cc1ccc(NCCCNC(=O)c2ccc(N(C)S(C)(=O)=O)cc2)nc1. The molecule has 1 aromatic heterocycles. The minimum absolute atomic E-state index is 0.188. The van der Waals surface area contributed by atoms with Gasteiger partial charge in [-0.15, -0.1) is 0 Å². The third-order valence-corrected chi connectivity index (χ3v) is 5.05. The molecule has 2 N–H and O–H groups in total. The first-order valence-corrected chi connectivity index (χ1v) is 10.1. The van der Waals surface area contributed by atoms with Crippen molar-refractivity contribution in [3.8, 4) is 0 Å². The van der Waals surface area contributed by atoms with E-state index in [4.69, 9.17) is 0 Å². The second-order valence-corrected chi connectivity index (χ2v) is 8.05. The van der Waals surface area contributed by atoms with Crippen molar-refractivity contribution in [3.05, 3.63) is 53.7 Å². The molecule has 2 aromatic rings. The number of anilines is 2. The molecule has 8 heteroatoms. The third kappa shape index (κ3) is 5.73. The van der Waals surface area contributed by atoms with E-state index in [0.717, 1.165) is 24.1 Å². The van der Waals surface area contributed by atoms with Crippen molar-refractivity contribution in [3.63, 3.8) is 0 Å². The molecular formula is C18H24N4O3S. The summed E-state index contributed by atoms with van der Waals surface area (Å²) < 4.78 is 24.2. The largest absolute Gasteiger partial charge is 0.370 e. The number of rotatable bonds is 8. The van der Waals surface area contributed by atoms with Gasteiger partial charge in [0.2, 0.25) is 10.0 Å². The number of aromatic nitrogens is 1. The fraction of sp³-hybridized carbons (Fsp3) is 0.333. The first kappa shape index (κ1) is 19.7. The summed E-state index contributed by atoms with van der Waals surface area (Å²) in [6.45, 7) is 3.22. The van der Waals surface area contributed by atoms with Gasteiger partial charge in [0, 0.05) is 31.9 Å². The minimum atomic E-state index is -3.31. The van der Waals surface area contributed by atoms with Crippen LogP contribution in [0.1, 0.15) is 22.3 Å². The summed E-state index contributed by atoms with van der Waals surface area (Å²) in [5.74, 6) is 0.625. The molecule has 0 bridgehead atoms. The van der Waals surface area contributed by atoms with Crippen molar-refractivity contribution < 1.29 is 13.2 Å². The van der Waals surface area contributed by atoms with Gasteiger partial charge in [0.05, 0.1) is 11.9 Å². The average Bonchev–Trinajstić information content (AvgIpc) is 2.61. The number of benzene rings is 1. The van der Waals surface area contributed by atoms with Crippen molar-refractivity contribution in [2.45, 2.75) is 13.3 Å². The van der Waals surface area contributed by atoms with E-state index in [9.17, 15) is 13.2 Å². The summed E-state index contributed by atoms with van der Waals surface area (Å²) in [6.07, 6.45) is 3.69. The number of carbonyl (C=O) groups is 1. The van der Waals surface area contributed by atoms with E-state index < -0.39 is 10.0 Å². The molecule has 0 atom stereocenters. The molecule has 0 radical (unpaired) electrons. The van der Waals surface area contributed by atoms with E-state index in [1.807, 2.05) is 19.1 Å². The zero-order valence-corrected chi connectivity index (χ0v) is 16.0. The Bertz CT molecular complexity index is 834. The lowest BCUT2D eigenvalue weighted by molar-refractivity contribution is 0.0953. The molecule has 0 unspecified atom stereocenters. The van der Waals surface area contributed by atoms with Gasteiger partial charge in [-0.05, 0) is 49.2 Å². The van der Waals surface area contributed by atoms with Crippen LogP contribution in [0, 0.1) is 6.92 Å². The highest BCUT2D eigenvalue weighted by Crippen LogP contribution is 2.16. The van der Waals surface area contributed by atoms with Gasteiger partial charge in [-0.25, -0.2) is 13.4 Å². The molecule has 0 aliphatic rings. The van der Waals surface area contributed by atoms with Crippen LogP contribution in [0.3, 0.4) is 0 Å². The standard InChI is InChI=1S/C18H24N4O3S/c1-14-5-10-17(21-13-14)19-11-4-12-20-18(23)15-6-8-16(9-7-15)22(2)26(3,24)25/h5-10,13H,4,11-12H2,1-3H3,(H,19,21)(H,20,23). The van der Waals surface area contributed by atoms with Gasteiger partial charge < -0.3 is 10.6 Å². The van der Waals surface area contributed by atoms with Gasteiger partial charge >= 0.3 is 0 Å². The van der Waals surface area contributed by atoms with Crippen molar-refractivity contribution in [1.29, 1.82) is 0 Å². The molecule has 1 amide bonds. The van der Waals surface area contributed by atoms with Crippen LogP contribution in [-0.4, -0.2) is 45.7 Å². The van der Waals surface area contributed by atoms with Gasteiger partial charge in [0.15, 0.2) is 0 Å². The summed E-state index contributed by atoms with van der Waals surface area (Å²) in [5, 5.41) is 6.04. The Kier molecular flexibility index (Phi) is 6.57. The van der Waals surface area contributed by atoms with Gasteiger partial charge in [0.25, 0.3) is 5.91 Å². The molecule has 2 rings (SSSR count). The second kappa shape index (κ2) is 8.66. The fourth-order valence-electron chi connectivity index (χ4n) is 2.20. The molecule has 1 aromatic carbocycles. The number of aryl methyl sites for hydroxylation is 1. The monoisotopic (exact) mass is 376 g/mol. The Labute approximate surface area is 154 Å². The van der Waals surface area contributed by atoms with Gasteiger partial charge in [-0.2, -0.15) is 0 Å². The maximum absolute atomic E-state index is 12.1. The molecule has 140 valence electrons. The lowest BCUT2D eigenvalue weighted by Gasteiger charge is -2.16. The van der Waals surface area contributed by atoms with Gasteiger partial charge in [-0.3, -0.25) is 9.10 Å². The average molecular weight is 376 g/mol. The second-order valence-electron chi connectivity index (χ2n) is 6.03. The van der Waals surface area contributed by atoms with E-state index in [1.54, 1.807) is 30.5 Å². The number of sulfonamides is 1. The maximum Gasteiger partial charge on any atom is 0.251 e. The lowest BCUT2D eigenvalue weighted by atomic mass is 10.2. The number of hydrogen-bond donors (Lipinski definition) is 2. The zero-order valence-electron chi connectivity index (χ0n) is 15.2. The Morgan fingerprint density at radius 3 is 2.38 bits per heavy atom. The summed E-state index contributed by atoms with van der Waals surface area (Å²) >= 11 is 0. The van der Waals surface area contributed by atoms with Crippen LogP contribution in [0.4, 0.5) is 11.5 Å². The van der Waals surface area contributed by atoms with Crippen LogP contribution in [0.2, 0.25) is 0 Å². The van der Waals surface area contributed by atoms with Crippen molar-refractivity contribution in [2.24, 2.45) is 0 Å². The molecular weight excluding hydrogens is 352 g/mol. The minimum Gasteiger partial charge on any atom is -0.370 e. The Morgan fingerprint density at radius 1 is 1.12 bits per heavy atom. The topological polar surface area (TPSA) is 91.4 Å². The van der Waals surface area contributed by atoms with Gasteiger partial charge in [0.1, 0.15) is 5.82 Å². The molecule has 0 saturated heterocycles. The summed E-state index contributed by atoms with van der Waals surface area (Å²) in [7, 11) is -1.84. The van der Waals surface area contributed by atoms with Crippen LogP contribution in [-0.2, 0) is 10.0 Å². The molecule has 0 aliphatic carbocycles. The molecule has 0 spiro atoms. The normalized spacial score (nSPS) is 11.0. The van der Waals surface area contributed by atoms with E-state index in [0.29, 0.717) is 24.3 Å². The van der Waals surface area contributed by atoms with E-state index in [-0.39, 0.29) is 5.91 Å². The summed E-state index contributed by atoms with van der Waals surface area (Å²) in [6, 6.07) is 10.4. The molecule has 1 heterocycles. The maximum atomic E-state index is 12.1. The Morgan fingerprint density at radius 2 is 1.81 bits per heavy atom. The third-order valence-electron chi connectivity index (χ3n) is 3.85. The summed E-state index contributed by atoms with van der Waals surface area (Å²) in [5.41, 5.74) is 2.11. The zero-order chi connectivity index (χ0) is 19.2. The van der Waals surface area contributed by atoms with Crippen LogP contribution in [0.5, 0.6) is 0 Å². The molecule has 0 saturated carbocycles. The highest BCUT2D eigenvalue weighted by atomic mass is 32.2. The number of pyridine rings is 1. The number of nitrogens with one attached hydrogen (secondary N) is 2. The molecule has 0 aliphatic heterocycles. The first-order valence-electron chi connectivity index (χ1n) is 8.26. The van der Waals surface area contributed by atoms with E-state index in [1.165, 1.54) is 11.4 Å². The smallest absolute Gasteiger partial charge is 0.251 e. The predicted octanol–water partition coefficient (Wildman–Crippen LogP) is 2.02. The Balaban J connectivity index is 1.76.